The van der Waals surface area contributed by atoms with Crippen molar-refractivity contribution in [3.8, 4) is 0 Å². The van der Waals surface area contributed by atoms with Gasteiger partial charge in [-0.3, -0.25) is 9.89 Å². The van der Waals surface area contributed by atoms with Crippen LogP contribution in [0.25, 0.3) is 0 Å². The van der Waals surface area contributed by atoms with Gasteiger partial charge in [0, 0.05) is 5.56 Å². The highest BCUT2D eigenvalue weighted by atomic mass is 32.1. The number of rotatable bonds is 3. The number of halogens is 2. The first-order valence-electron chi connectivity index (χ1n) is 5.08. The monoisotopic (exact) mass is 282 g/mol. The van der Waals surface area contributed by atoms with Crippen molar-refractivity contribution >= 4 is 28.9 Å². The second-order valence-electron chi connectivity index (χ2n) is 3.61. The molecule has 0 aliphatic carbocycles. The summed E-state index contributed by atoms with van der Waals surface area (Å²) in [6.07, 6.45) is 1.35. The van der Waals surface area contributed by atoms with Gasteiger partial charge in [-0.1, -0.05) is 12.2 Å². The van der Waals surface area contributed by atoms with Crippen molar-refractivity contribution in [2.24, 2.45) is 5.73 Å². The number of aromatic nitrogens is 2. The van der Waals surface area contributed by atoms with Crippen molar-refractivity contribution in [2.45, 2.75) is 0 Å². The molecule has 5 nitrogen and oxygen atoms in total. The fourth-order valence-corrected chi connectivity index (χ4v) is 1.55. The minimum absolute atomic E-state index is 0.0395. The number of carbonyl (C=O) groups excluding carboxylic acids is 1. The Morgan fingerprint density at radius 3 is 2.74 bits per heavy atom. The van der Waals surface area contributed by atoms with Gasteiger partial charge in [0.25, 0.3) is 5.91 Å². The number of benzene rings is 1. The summed E-state index contributed by atoms with van der Waals surface area (Å²) in [4.78, 5) is 11.9. The molecule has 0 radical (unpaired) electrons. The van der Waals surface area contributed by atoms with E-state index in [9.17, 15) is 13.6 Å². The van der Waals surface area contributed by atoms with Gasteiger partial charge in [-0.05, 0) is 18.2 Å². The van der Waals surface area contributed by atoms with E-state index in [0.717, 1.165) is 18.2 Å². The van der Waals surface area contributed by atoms with Crippen LogP contribution in [0.5, 0.6) is 0 Å². The number of carbonyl (C=O) groups is 1. The molecule has 98 valence electrons. The van der Waals surface area contributed by atoms with E-state index in [1.165, 1.54) is 6.20 Å². The second-order valence-corrected chi connectivity index (χ2v) is 4.05. The Balaban J connectivity index is 2.23. The summed E-state index contributed by atoms with van der Waals surface area (Å²) in [5.74, 6) is -2.57. The third-order valence-electron chi connectivity index (χ3n) is 2.33. The van der Waals surface area contributed by atoms with Crippen molar-refractivity contribution in [3.05, 3.63) is 47.2 Å². The second kappa shape index (κ2) is 5.11. The first kappa shape index (κ1) is 13.1. The molecule has 0 aliphatic heterocycles. The number of aromatic amines is 1. The van der Waals surface area contributed by atoms with E-state index >= 15 is 0 Å². The Kier molecular flexibility index (Phi) is 3.52. The fraction of sp³-hybridized carbons (Fsp3) is 0. The normalized spacial score (nSPS) is 10.2. The summed E-state index contributed by atoms with van der Waals surface area (Å²) in [5.41, 5.74) is 5.74. The molecule has 1 aromatic carbocycles. The molecule has 4 N–H and O–H groups in total. The molecule has 19 heavy (non-hydrogen) atoms. The lowest BCUT2D eigenvalue weighted by Crippen LogP contribution is -2.17. The molecule has 0 spiro atoms. The number of H-pyrrole nitrogens is 1. The maximum Gasteiger partial charge on any atom is 0.256 e. The summed E-state index contributed by atoms with van der Waals surface area (Å²) in [7, 11) is 0. The number of amides is 1. The standard InChI is InChI=1S/C11H8F2N4OS/c12-7-2-1-5(3-8(7)13)11(18)16-10-6(9(14)19)4-15-17-10/h1-4H,(H2,14,19)(H2,15,16,17,18). The zero-order valence-corrected chi connectivity index (χ0v) is 10.2. The molecule has 1 amide bonds. The first-order valence-corrected chi connectivity index (χ1v) is 5.49. The molecule has 0 aliphatic rings. The predicted octanol–water partition coefficient (Wildman–Crippen LogP) is 1.57. The molecule has 8 heteroatoms. The molecule has 0 fully saturated rings. The van der Waals surface area contributed by atoms with E-state index in [0.29, 0.717) is 5.56 Å². The minimum Gasteiger partial charge on any atom is -0.389 e. The van der Waals surface area contributed by atoms with Crippen molar-refractivity contribution < 1.29 is 13.6 Å². The summed E-state index contributed by atoms with van der Waals surface area (Å²) >= 11 is 4.77. The molecule has 2 aromatic rings. The van der Waals surface area contributed by atoms with Crippen molar-refractivity contribution in [1.82, 2.24) is 10.2 Å². The highest BCUT2D eigenvalue weighted by Crippen LogP contribution is 2.14. The van der Waals surface area contributed by atoms with Crippen LogP contribution in [0.4, 0.5) is 14.6 Å². The molecule has 0 bridgehead atoms. The highest BCUT2D eigenvalue weighted by molar-refractivity contribution is 7.80. The summed E-state index contributed by atoms with van der Waals surface area (Å²) < 4.78 is 25.8. The molecular weight excluding hydrogens is 274 g/mol. The molecule has 2 rings (SSSR count). The smallest absolute Gasteiger partial charge is 0.256 e. The van der Waals surface area contributed by atoms with Gasteiger partial charge in [0.05, 0.1) is 11.8 Å². The van der Waals surface area contributed by atoms with Crippen LogP contribution < -0.4 is 11.1 Å². The van der Waals surface area contributed by atoms with Crippen molar-refractivity contribution in [1.29, 1.82) is 0 Å². The summed E-state index contributed by atoms with van der Waals surface area (Å²) in [6.45, 7) is 0. The number of thiocarbonyl (C=S) groups is 1. The number of hydrogen-bond acceptors (Lipinski definition) is 3. The average molecular weight is 282 g/mol. The number of nitrogens with zero attached hydrogens (tertiary/aromatic N) is 1. The maximum atomic E-state index is 13.0. The van der Waals surface area contributed by atoms with E-state index in [4.69, 9.17) is 18.0 Å². The van der Waals surface area contributed by atoms with Gasteiger partial charge in [0.2, 0.25) is 0 Å². The Morgan fingerprint density at radius 2 is 2.11 bits per heavy atom. The summed E-state index contributed by atoms with van der Waals surface area (Å²) in [6, 6.07) is 2.82. The van der Waals surface area contributed by atoms with E-state index in [1.807, 2.05) is 0 Å². The van der Waals surface area contributed by atoms with Gasteiger partial charge in [0.15, 0.2) is 11.6 Å². The molecule has 1 heterocycles. The van der Waals surface area contributed by atoms with Gasteiger partial charge < -0.3 is 11.1 Å². The van der Waals surface area contributed by atoms with Gasteiger partial charge in [-0.15, -0.1) is 0 Å². The maximum absolute atomic E-state index is 13.0. The zero-order chi connectivity index (χ0) is 14.0. The lowest BCUT2D eigenvalue weighted by Gasteiger charge is -2.05. The first-order chi connectivity index (χ1) is 8.99. The number of hydrogen-bond donors (Lipinski definition) is 3. The van der Waals surface area contributed by atoms with Crippen LogP contribution in [0.3, 0.4) is 0 Å². The third kappa shape index (κ3) is 2.74. The Hall–Kier alpha value is -2.35. The topological polar surface area (TPSA) is 83.8 Å². The van der Waals surface area contributed by atoms with E-state index in [2.05, 4.69) is 15.5 Å². The van der Waals surface area contributed by atoms with Crippen LogP contribution in [-0.4, -0.2) is 21.1 Å². The van der Waals surface area contributed by atoms with Crippen molar-refractivity contribution in [2.75, 3.05) is 5.32 Å². The van der Waals surface area contributed by atoms with E-state index < -0.39 is 17.5 Å². The minimum atomic E-state index is -1.10. The SMILES string of the molecule is NC(=S)c1cn[nH]c1NC(=O)c1ccc(F)c(F)c1. The number of nitrogens with one attached hydrogen (secondary N) is 2. The average Bonchev–Trinajstić information content (AvgIpc) is 2.80. The third-order valence-corrected chi connectivity index (χ3v) is 2.55. The van der Waals surface area contributed by atoms with Crippen LogP contribution >= 0.6 is 12.2 Å². The Labute approximate surface area is 111 Å². The van der Waals surface area contributed by atoms with Crippen LogP contribution in [0.1, 0.15) is 15.9 Å². The molecule has 0 atom stereocenters. The lowest BCUT2D eigenvalue weighted by molar-refractivity contribution is 0.102. The van der Waals surface area contributed by atoms with Gasteiger partial charge in [-0.25, -0.2) is 8.78 Å². The summed E-state index contributed by atoms with van der Waals surface area (Å²) in [5, 5.41) is 8.60. The predicted molar refractivity (Wildman–Crippen MR) is 68.8 cm³/mol. The van der Waals surface area contributed by atoms with E-state index in [1.54, 1.807) is 0 Å². The number of anilines is 1. The molecule has 0 saturated carbocycles. The van der Waals surface area contributed by atoms with Gasteiger partial charge >= 0.3 is 0 Å². The fourth-order valence-electron chi connectivity index (χ4n) is 1.39. The zero-order valence-electron chi connectivity index (χ0n) is 9.41. The Bertz CT molecular complexity index is 656. The van der Waals surface area contributed by atoms with Crippen LogP contribution in [0, 0.1) is 11.6 Å². The highest BCUT2D eigenvalue weighted by Gasteiger charge is 2.14. The molecular formula is C11H8F2N4OS. The Morgan fingerprint density at radius 1 is 1.37 bits per heavy atom. The van der Waals surface area contributed by atoms with Gasteiger partial charge in [0.1, 0.15) is 10.8 Å². The molecule has 1 aromatic heterocycles. The quantitative estimate of drug-likeness (QED) is 0.746. The molecule has 0 unspecified atom stereocenters. The van der Waals surface area contributed by atoms with Crippen LogP contribution in [0.15, 0.2) is 24.4 Å². The van der Waals surface area contributed by atoms with Crippen molar-refractivity contribution in [3.63, 3.8) is 0 Å². The lowest BCUT2D eigenvalue weighted by atomic mass is 10.2. The molecule has 0 saturated heterocycles. The van der Waals surface area contributed by atoms with Gasteiger partial charge in [-0.2, -0.15) is 5.10 Å². The largest absolute Gasteiger partial charge is 0.389 e. The van der Waals surface area contributed by atoms with Crippen LogP contribution in [0.2, 0.25) is 0 Å². The number of nitrogens with two attached hydrogens (primary N) is 1. The van der Waals surface area contributed by atoms with Crippen LogP contribution in [-0.2, 0) is 0 Å². The van der Waals surface area contributed by atoms with E-state index in [-0.39, 0.29) is 16.4 Å².